The Bertz CT molecular complexity index is 528. The Morgan fingerprint density at radius 3 is 2.74 bits per heavy atom. The summed E-state index contributed by atoms with van der Waals surface area (Å²) in [4.78, 5) is 4.77. The first-order chi connectivity index (χ1) is 9.30. The predicted molar refractivity (Wildman–Crippen MR) is 81.4 cm³/mol. The zero-order valence-electron chi connectivity index (χ0n) is 12.2. The molecular formula is C16H25N3. The van der Waals surface area contributed by atoms with E-state index < -0.39 is 0 Å². The van der Waals surface area contributed by atoms with Gasteiger partial charge in [0.2, 0.25) is 0 Å². The summed E-state index contributed by atoms with van der Waals surface area (Å²) in [5.74, 6) is 1.14. The minimum absolute atomic E-state index is 0.664. The van der Waals surface area contributed by atoms with Crippen molar-refractivity contribution in [3.8, 4) is 0 Å². The van der Waals surface area contributed by atoms with Gasteiger partial charge in [-0.2, -0.15) is 0 Å². The van der Waals surface area contributed by atoms with Crippen molar-refractivity contribution in [1.82, 2.24) is 9.55 Å². The second kappa shape index (κ2) is 6.71. The van der Waals surface area contributed by atoms with Crippen LogP contribution in [0.1, 0.15) is 44.5 Å². The Hall–Kier alpha value is -1.35. The Morgan fingerprint density at radius 1 is 1.21 bits per heavy atom. The molecule has 0 amide bonds. The summed E-state index contributed by atoms with van der Waals surface area (Å²) in [6.45, 7) is 6.14. The second-order valence-corrected chi connectivity index (χ2v) is 5.10. The molecule has 0 saturated carbocycles. The number of aryl methyl sites for hydroxylation is 2. The number of unbranched alkanes of at least 4 members (excludes halogenated alkanes) is 2. The highest BCUT2D eigenvalue weighted by Crippen LogP contribution is 2.19. The highest BCUT2D eigenvalue weighted by molar-refractivity contribution is 5.77. The van der Waals surface area contributed by atoms with Crippen LogP contribution in [0.15, 0.2) is 18.2 Å². The lowest BCUT2D eigenvalue weighted by Crippen LogP contribution is -2.10. The SMILES string of the molecule is CCCCCn1c(CCN)nc2cc(CC)ccc21. The van der Waals surface area contributed by atoms with Crippen LogP contribution in [0.3, 0.4) is 0 Å². The first-order valence-corrected chi connectivity index (χ1v) is 7.48. The van der Waals surface area contributed by atoms with E-state index in [9.17, 15) is 0 Å². The molecule has 0 aliphatic heterocycles. The van der Waals surface area contributed by atoms with Crippen LogP contribution in [0.2, 0.25) is 0 Å². The van der Waals surface area contributed by atoms with Gasteiger partial charge in [-0.3, -0.25) is 0 Å². The maximum absolute atomic E-state index is 5.71. The number of hydrogen-bond donors (Lipinski definition) is 1. The first-order valence-electron chi connectivity index (χ1n) is 7.48. The van der Waals surface area contributed by atoms with E-state index in [-0.39, 0.29) is 0 Å². The fourth-order valence-corrected chi connectivity index (χ4v) is 2.53. The van der Waals surface area contributed by atoms with E-state index in [0.717, 1.165) is 30.7 Å². The van der Waals surface area contributed by atoms with E-state index in [4.69, 9.17) is 10.7 Å². The largest absolute Gasteiger partial charge is 0.330 e. The van der Waals surface area contributed by atoms with Crippen LogP contribution >= 0.6 is 0 Å². The molecule has 0 atom stereocenters. The minimum Gasteiger partial charge on any atom is -0.330 e. The summed E-state index contributed by atoms with van der Waals surface area (Å²) in [7, 11) is 0. The summed E-state index contributed by atoms with van der Waals surface area (Å²) in [5.41, 5.74) is 9.45. The monoisotopic (exact) mass is 259 g/mol. The molecule has 19 heavy (non-hydrogen) atoms. The molecule has 0 unspecified atom stereocenters. The maximum atomic E-state index is 5.71. The van der Waals surface area contributed by atoms with Crippen molar-refractivity contribution in [2.24, 2.45) is 5.73 Å². The number of benzene rings is 1. The smallest absolute Gasteiger partial charge is 0.111 e. The van der Waals surface area contributed by atoms with Crippen molar-refractivity contribution in [3.63, 3.8) is 0 Å². The van der Waals surface area contributed by atoms with E-state index in [2.05, 4.69) is 36.6 Å². The van der Waals surface area contributed by atoms with Crippen LogP contribution in [0.5, 0.6) is 0 Å². The van der Waals surface area contributed by atoms with Crippen LogP contribution in [-0.4, -0.2) is 16.1 Å². The van der Waals surface area contributed by atoms with Crippen LogP contribution in [0.4, 0.5) is 0 Å². The van der Waals surface area contributed by atoms with Gasteiger partial charge >= 0.3 is 0 Å². The van der Waals surface area contributed by atoms with Crippen molar-refractivity contribution in [2.75, 3.05) is 6.54 Å². The van der Waals surface area contributed by atoms with Gasteiger partial charge in [-0.15, -0.1) is 0 Å². The number of imidazole rings is 1. The summed E-state index contributed by atoms with van der Waals surface area (Å²) in [6.07, 6.45) is 5.66. The van der Waals surface area contributed by atoms with Crippen LogP contribution in [0.25, 0.3) is 11.0 Å². The van der Waals surface area contributed by atoms with Gasteiger partial charge in [-0.25, -0.2) is 4.98 Å². The molecule has 0 aliphatic carbocycles. The summed E-state index contributed by atoms with van der Waals surface area (Å²) < 4.78 is 2.36. The van der Waals surface area contributed by atoms with Crippen LogP contribution < -0.4 is 5.73 Å². The summed E-state index contributed by atoms with van der Waals surface area (Å²) in [5, 5.41) is 0. The van der Waals surface area contributed by atoms with Crippen molar-refractivity contribution in [2.45, 2.75) is 52.5 Å². The van der Waals surface area contributed by atoms with E-state index in [1.54, 1.807) is 0 Å². The number of nitrogens with zero attached hydrogens (tertiary/aromatic N) is 2. The average Bonchev–Trinajstić information content (AvgIpc) is 2.76. The summed E-state index contributed by atoms with van der Waals surface area (Å²) >= 11 is 0. The zero-order chi connectivity index (χ0) is 13.7. The molecular weight excluding hydrogens is 234 g/mol. The molecule has 0 radical (unpaired) electrons. The molecule has 3 nitrogen and oxygen atoms in total. The third kappa shape index (κ3) is 3.16. The van der Waals surface area contributed by atoms with E-state index in [1.165, 1.54) is 30.3 Å². The van der Waals surface area contributed by atoms with Crippen LogP contribution in [0, 0.1) is 0 Å². The number of aromatic nitrogens is 2. The van der Waals surface area contributed by atoms with Crippen LogP contribution in [-0.2, 0) is 19.4 Å². The topological polar surface area (TPSA) is 43.8 Å². The quantitative estimate of drug-likeness (QED) is 0.775. The molecule has 0 bridgehead atoms. The number of rotatable bonds is 7. The van der Waals surface area contributed by atoms with Gasteiger partial charge < -0.3 is 10.3 Å². The summed E-state index contributed by atoms with van der Waals surface area (Å²) in [6, 6.07) is 6.64. The lowest BCUT2D eigenvalue weighted by atomic mass is 10.1. The molecule has 2 N–H and O–H groups in total. The molecule has 0 spiro atoms. The number of hydrogen-bond acceptors (Lipinski definition) is 2. The van der Waals surface area contributed by atoms with Crippen molar-refractivity contribution < 1.29 is 0 Å². The molecule has 1 aromatic carbocycles. The van der Waals surface area contributed by atoms with Gasteiger partial charge in [0.05, 0.1) is 11.0 Å². The molecule has 104 valence electrons. The molecule has 3 heteroatoms. The third-order valence-electron chi connectivity index (χ3n) is 3.65. The lowest BCUT2D eigenvalue weighted by Gasteiger charge is -2.08. The molecule has 1 aromatic heterocycles. The van der Waals surface area contributed by atoms with Gasteiger partial charge in [0.1, 0.15) is 5.82 Å². The Balaban J connectivity index is 2.35. The van der Waals surface area contributed by atoms with Crippen molar-refractivity contribution in [1.29, 1.82) is 0 Å². The molecule has 2 aromatic rings. The van der Waals surface area contributed by atoms with Gasteiger partial charge in [-0.05, 0) is 37.1 Å². The first kappa shape index (κ1) is 14.1. The van der Waals surface area contributed by atoms with E-state index >= 15 is 0 Å². The molecule has 2 rings (SSSR count). The third-order valence-corrected chi connectivity index (χ3v) is 3.65. The average molecular weight is 259 g/mol. The van der Waals surface area contributed by atoms with Crippen molar-refractivity contribution in [3.05, 3.63) is 29.6 Å². The van der Waals surface area contributed by atoms with E-state index in [1.807, 2.05) is 0 Å². The van der Waals surface area contributed by atoms with Gasteiger partial charge in [0.25, 0.3) is 0 Å². The Kier molecular flexibility index (Phi) is 4.97. The molecule has 0 saturated heterocycles. The number of fused-ring (bicyclic) bond motifs is 1. The lowest BCUT2D eigenvalue weighted by molar-refractivity contribution is 0.591. The fraction of sp³-hybridized carbons (Fsp3) is 0.562. The molecule has 0 fully saturated rings. The Morgan fingerprint density at radius 2 is 2.05 bits per heavy atom. The highest BCUT2D eigenvalue weighted by atomic mass is 15.1. The Labute approximate surface area is 115 Å². The highest BCUT2D eigenvalue weighted by Gasteiger charge is 2.10. The van der Waals surface area contributed by atoms with Crippen molar-refractivity contribution >= 4 is 11.0 Å². The predicted octanol–water partition coefficient (Wildman–Crippen LogP) is 3.29. The zero-order valence-corrected chi connectivity index (χ0v) is 12.2. The van der Waals surface area contributed by atoms with Gasteiger partial charge in [0, 0.05) is 13.0 Å². The normalized spacial score (nSPS) is 11.3. The van der Waals surface area contributed by atoms with Gasteiger partial charge in [-0.1, -0.05) is 32.8 Å². The van der Waals surface area contributed by atoms with Gasteiger partial charge in [0.15, 0.2) is 0 Å². The number of nitrogens with two attached hydrogens (primary N) is 1. The second-order valence-electron chi connectivity index (χ2n) is 5.10. The minimum atomic E-state index is 0.664. The fourth-order valence-electron chi connectivity index (χ4n) is 2.53. The molecule has 1 heterocycles. The molecule has 0 aliphatic rings. The van der Waals surface area contributed by atoms with E-state index in [0.29, 0.717) is 6.54 Å². The maximum Gasteiger partial charge on any atom is 0.111 e. The standard InChI is InChI=1S/C16H25N3/c1-3-5-6-11-19-15-8-7-13(4-2)12-14(15)18-16(19)9-10-17/h7-8,12H,3-6,9-11,17H2,1-2H3.